The molecule has 0 bridgehead atoms. The van der Waals surface area contributed by atoms with Crippen molar-refractivity contribution in [1.29, 1.82) is 0 Å². The van der Waals surface area contributed by atoms with E-state index in [-0.39, 0.29) is 0 Å². The molecule has 0 aliphatic heterocycles. The molecule has 0 atom stereocenters. The van der Waals surface area contributed by atoms with Crippen LogP contribution in [0.1, 0.15) is 33.6 Å². The molecule has 0 aromatic heterocycles. The monoisotopic (exact) mass is 126 g/mol. The van der Waals surface area contributed by atoms with Gasteiger partial charge in [-0.2, -0.15) is 0 Å². The van der Waals surface area contributed by atoms with Gasteiger partial charge in [0.2, 0.25) is 0 Å². The summed E-state index contributed by atoms with van der Waals surface area (Å²) < 4.78 is 0. The van der Waals surface area contributed by atoms with E-state index in [9.17, 15) is 0 Å². The quantitative estimate of drug-likeness (QED) is 0.496. The van der Waals surface area contributed by atoms with E-state index in [1.807, 2.05) is 0 Å². The second-order valence-corrected chi connectivity index (χ2v) is 1.92. The van der Waals surface area contributed by atoms with Crippen LogP contribution in [-0.4, -0.2) is 0 Å². The molecule has 0 spiro atoms. The molecule has 0 unspecified atom stereocenters. The lowest BCUT2D eigenvalue weighted by Gasteiger charge is -1.83. The van der Waals surface area contributed by atoms with Gasteiger partial charge in [-0.25, -0.2) is 0 Å². The molecule has 0 nitrogen and oxygen atoms in total. The van der Waals surface area contributed by atoms with Crippen LogP contribution in [0.2, 0.25) is 0 Å². The fraction of sp³-hybridized carbons (Fsp3) is 0.556. The smallest absolute Gasteiger partial charge is 0.0314 e. The zero-order chi connectivity index (χ0) is 7.70. The Bertz CT molecular complexity index is 70.1. The molecule has 0 radical (unpaired) electrons. The minimum atomic E-state index is 1.02. The summed E-state index contributed by atoms with van der Waals surface area (Å²) in [5.41, 5.74) is 1.11. The predicted octanol–water partition coefficient (Wildman–Crippen LogP) is 3.55. The van der Waals surface area contributed by atoms with Crippen molar-refractivity contribution < 1.29 is 0 Å². The van der Waals surface area contributed by atoms with Gasteiger partial charge in [0.15, 0.2) is 0 Å². The lowest BCUT2D eigenvalue weighted by Crippen LogP contribution is -1.62. The Kier molecular flexibility index (Phi) is 13.1. The fourth-order valence-corrected chi connectivity index (χ4v) is 0.144. The molecule has 0 heteroatoms. The highest BCUT2D eigenvalue weighted by molar-refractivity contribution is 5.09. The Balaban J connectivity index is 0. The van der Waals surface area contributed by atoms with Crippen LogP contribution in [0.15, 0.2) is 24.8 Å². The van der Waals surface area contributed by atoms with Gasteiger partial charge in [-0.3, -0.25) is 0 Å². The van der Waals surface area contributed by atoms with Gasteiger partial charge in [0, 0.05) is 0 Å². The molecular formula is C9H18. The first kappa shape index (κ1) is 11.3. The van der Waals surface area contributed by atoms with Crippen molar-refractivity contribution in [3.63, 3.8) is 0 Å². The second-order valence-electron chi connectivity index (χ2n) is 1.92. The van der Waals surface area contributed by atoms with Gasteiger partial charge in [0.25, 0.3) is 0 Å². The fourth-order valence-electron chi connectivity index (χ4n) is 0.144. The summed E-state index contributed by atoms with van der Waals surface area (Å²) in [5, 5.41) is 0. The van der Waals surface area contributed by atoms with E-state index in [1.54, 1.807) is 6.08 Å². The van der Waals surface area contributed by atoms with E-state index in [0.29, 0.717) is 0 Å². The van der Waals surface area contributed by atoms with E-state index in [4.69, 9.17) is 0 Å². The van der Waals surface area contributed by atoms with Gasteiger partial charge >= 0.3 is 0 Å². The van der Waals surface area contributed by atoms with Crippen molar-refractivity contribution in [3.8, 4) is 0 Å². The summed E-state index contributed by atoms with van der Waals surface area (Å²) in [6.45, 7) is 13.5. The molecule has 0 rings (SSSR count). The molecule has 54 valence electrons. The van der Waals surface area contributed by atoms with Crippen LogP contribution in [0.25, 0.3) is 0 Å². The lowest BCUT2D eigenvalue weighted by atomic mass is 10.2. The number of rotatable bonds is 2. The van der Waals surface area contributed by atoms with Crippen molar-refractivity contribution in [2.75, 3.05) is 0 Å². The maximum absolute atomic E-state index is 3.67. The van der Waals surface area contributed by atoms with Crippen LogP contribution in [0, 0.1) is 0 Å². The summed E-state index contributed by atoms with van der Waals surface area (Å²) in [6, 6.07) is 0. The third-order valence-electron chi connectivity index (χ3n) is 0.743. The maximum Gasteiger partial charge on any atom is -0.0314 e. The first-order valence-corrected chi connectivity index (χ1v) is 3.53. The Hall–Kier alpha value is -0.520. The zero-order valence-corrected chi connectivity index (χ0v) is 6.91. The molecule has 0 N–H and O–H groups in total. The minimum absolute atomic E-state index is 1.02. The van der Waals surface area contributed by atoms with Gasteiger partial charge in [-0.05, 0) is 6.42 Å². The normalized spacial score (nSPS) is 7.00. The number of hydrogen-bond acceptors (Lipinski definition) is 0. The van der Waals surface area contributed by atoms with Gasteiger partial charge in [0.05, 0.1) is 0 Å². The highest BCUT2D eigenvalue weighted by atomic mass is 13.8. The largest absolute Gasteiger partial charge is 0.0988 e. The molecule has 0 aromatic rings. The van der Waals surface area contributed by atoms with E-state index in [0.717, 1.165) is 12.0 Å². The molecule has 0 aliphatic carbocycles. The van der Waals surface area contributed by atoms with Gasteiger partial charge in [-0.1, -0.05) is 52.0 Å². The third-order valence-corrected chi connectivity index (χ3v) is 0.743. The average Bonchev–Trinajstić information content (AvgIpc) is 1.88. The van der Waals surface area contributed by atoms with Crippen molar-refractivity contribution in [1.82, 2.24) is 0 Å². The second kappa shape index (κ2) is 10.5. The first-order valence-electron chi connectivity index (χ1n) is 3.53. The predicted molar refractivity (Wildman–Crippen MR) is 45.6 cm³/mol. The van der Waals surface area contributed by atoms with E-state index >= 15 is 0 Å². The summed E-state index contributed by atoms with van der Waals surface area (Å²) in [4.78, 5) is 0. The van der Waals surface area contributed by atoms with Crippen molar-refractivity contribution in [2.24, 2.45) is 0 Å². The molecular weight excluding hydrogens is 108 g/mol. The standard InChI is InChI=1S/C6H10.C3H8/c1-4-6(3)5-2;1-3-2/h4H,1,3,5H2,2H3;3H2,1-2H3. The minimum Gasteiger partial charge on any atom is -0.0988 e. The summed E-state index contributed by atoms with van der Waals surface area (Å²) in [5.74, 6) is 0. The summed E-state index contributed by atoms with van der Waals surface area (Å²) >= 11 is 0. The van der Waals surface area contributed by atoms with Crippen LogP contribution in [-0.2, 0) is 0 Å². The Labute approximate surface area is 59.3 Å². The molecule has 9 heavy (non-hydrogen) atoms. The molecule has 0 fully saturated rings. The molecule has 0 amide bonds. The van der Waals surface area contributed by atoms with E-state index < -0.39 is 0 Å². The Morgan fingerprint density at radius 1 is 1.33 bits per heavy atom. The summed E-state index contributed by atoms with van der Waals surface area (Å²) in [6.07, 6.45) is 4.05. The van der Waals surface area contributed by atoms with Crippen molar-refractivity contribution >= 4 is 0 Å². The lowest BCUT2D eigenvalue weighted by molar-refractivity contribution is 1.09. The number of hydrogen-bond donors (Lipinski definition) is 0. The highest BCUT2D eigenvalue weighted by Crippen LogP contribution is 1.93. The first-order chi connectivity index (χ1) is 4.22. The summed E-state index contributed by atoms with van der Waals surface area (Å²) in [7, 11) is 0. The van der Waals surface area contributed by atoms with Gasteiger partial charge in [-0.15, -0.1) is 0 Å². The highest BCUT2D eigenvalue weighted by Gasteiger charge is 1.72. The van der Waals surface area contributed by atoms with Crippen LogP contribution < -0.4 is 0 Å². The van der Waals surface area contributed by atoms with Crippen LogP contribution in [0.4, 0.5) is 0 Å². The zero-order valence-electron chi connectivity index (χ0n) is 6.91. The van der Waals surface area contributed by atoms with Crippen molar-refractivity contribution in [3.05, 3.63) is 24.8 Å². The molecule has 0 saturated heterocycles. The van der Waals surface area contributed by atoms with Crippen LogP contribution >= 0.6 is 0 Å². The molecule has 0 aliphatic rings. The van der Waals surface area contributed by atoms with Gasteiger partial charge in [0.1, 0.15) is 0 Å². The number of allylic oxidation sites excluding steroid dienone is 2. The average molecular weight is 126 g/mol. The Morgan fingerprint density at radius 2 is 1.67 bits per heavy atom. The molecule has 0 saturated carbocycles. The van der Waals surface area contributed by atoms with Crippen LogP contribution in [0.3, 0.4) is 0 Å². The third kappa shape index (κ3) is 18.5. The topological polar surface area (TPSA) is 0 Å². The van der Waals surface area contributed by atoms with E-state index in [2.05, 4.69) is 33.9 Å². The maximum atomic E-state index is 3.67. The van der Waals surface area contributed by atoms with Gasteiger partial charge < -0.3 is 0 Å². The van der Waals surface area contributed by atoms with E-state index in [1.165, 1.54) is 6.42 Å². The Morgan fingerprint density at radius 3 is 1.67 bits per heavy atom. The molecule has 0 aromatic carbocycles. The molecule has 0 heterocycles. The SMILES string of the molecule is C=CC(=C)CC.CCC. The van der Waals surface area contributed by atoms with Crippen LogP contribution in [0.5, 0.6) is 0 Å². The van der Waals surface area contributed by atoms with Crippen molar-refractivity contribution in [2.45, 2.75) is 33.6 Å².